The third kappa shape index (κ3) is 7.51. The largest absolute Gasteiger partial charge is 0.388 e. The number of ketones is 1. The van der Waals surface area contributed by atoms with Gasteiger partial charge in [-0.2, -0.15) is 0 Å². The molecule has 5 heteroatoms. The Labute approximate surface area is 194 Å². The molecule has 0 aliphatic heterocycles. The summed E-state index contributed by atoms with van der Waals surface area (Å²) < 4.78 is 20.2. The molecule has 0 heterocycles. The number of carbonyl (C=O) groups is 1. The first-order valence-electron chi connectivity index (χ1n) is 12.4. The molecule has 2 unspecified atom stereocenters. The van der Waals surface area contributed by atoms with Gasteiger partial charge in [-0.25, -0.2) is 0 Å². The van der Waals surface area contributed by atoms with Gasteiger partial charge in [0.15, 0.2) is 5.78 Å². The molecule has 0 aromatic heterocycles. The minimum atomic E-state index is -2.59. The first-order chi connectivity index (χ1) is 14.2. The molecule has 0 rings (SSSR count). The van der Waals surface area contributed by atoms with Gasteiger partial charge in [-0.15, -0.1) is 0 Å². The fraction of sp³-hybridized carbons (Fsp3) is 0.885. The van der Waals surface area contributed by atoms with Crippen molar-refractivity contribution in [3.63, 3.8) is 0 Å². The zero-order chi connectivity index (χ0) is 24.6. The zero-order valence-electron chi connectivity index (χ0n) is 22.6. The molecule has 2 atom stereocenters. The average Bonchev–Trinajstić information content (AvgIpc) is 2.75. The van der Waals surface area contributed by atoms with Crippen LogP contribution in [0.25, 0.3) is 0 Å². The van der Waals surface area contributed by atoms with Crippen molar-refractivity contribution >= 4 is 14.3 Å². The Hall–Kier alpha value is -0.493. The van der Waals surface area contributed by atoms with Crippen molar-refractivity contribution in [2.75, 3.05) is 6.61 Å². The maximum atomic E-state index is 12.5. The van der Waals surface area contributed by atoms with E-state index >= 15 is 0 Å². The predicted molar refractivity (Wildman–Crippen MR) is 135 cm³/mol. The summed E-state index contributed by atoms with van der Waals surface area (Å²) in [4.78, 5) is 12.5. The molecular weight excluding hydrogens is 404 g/mol. The van der Waals surface area contributed by atoms with E-state index in [0.29, 0.717) is 19.4 Å². The molecule has 184 valence electrons. The Balaban J connectivity index is 5.73. The van der Waals surface area contributed by atoms with E-state index in [9.17, 15) is 4.79 Å². The summed E-state index contributed by atoms with van der Waals surface area (Å²) in [6.07, 6.45) is 7.16. The molecule has 4 nitrogen and oxygen atoms in total. The van der Waals surface area contributed by atoms with Gasteiger partial charge in [0.2, 0.25) is 0 Å². The van der Waals surface area contributed by atoms with E-state index in [2.05, 4.69) is 68.5 Å². The lowest BCUT2D eigenvalue weighted by atomic mass is 9.91. The van der Waals surface area contributed by atoms with E-state index in [4.69, 9.17) is 13.6 Å². The minimum Gasteiger partial charge on any atom is -0.388 e. The van der Waals surface area contributed by atoms with Crippen molar-refractivity contribution in [3.05, 3.63) is 12.7 Å². The van der Waals surface area contributed by atoms with E-state index < -0.39 is 14.2 Å². The molecule has 0 saturated heterocycles. The topological polar surface area (TPSA) is 44.8 Å². The normalized spacial score (nSPS) is 17.1. The molecule has 0 bridgehead atoms. The van der Waals surface area contributed by atoms with E-state index in [1.54, 1.807) is 0 Å². The van der Waals surface area contributed by atoms with E-state index in [-0.39, 0.29) is 22.0 Å². The molecule has 0 aromatic carbocycles. The molecule has 0 aromatic rings. The van der Waals surface area contributed by atoms with Gasteiger partial charge in [0.05, 0.1) is 17.8 Å². The Kier molecular flexibility index (Phi) is 11.9. The molecule has 0 aliphatic carbocycles. The van der Waals surface area contributed by atoms with Gasteiger partial charge < -0.3 is 13.6 Å². The summed E-state index contributed by atoms with van der Waals surface area (Å²) in [6, 6.07) is 0. The standard InChI is InChI=1S/C26H52O4Si/c1-13-22(27)26(18-6,19-7)28-21-20-25(11,17-5)30-31(12,23(8,9)14-2)29-24(10,15-3)16-4/h13H,1,14-21H2,2-12H3. The number of hydrogen-bond donors (Lipinski definition) is 0. The van der Waals surface area contributed by atoms with Gasteiger partial charge in [-0.05, 0) is 71.4 Å². The van der Waals surface area contributed by atoms with E-state index in [0.717, 1.165) is 32.1 Å². The highest BCUT2D eigenvalue weighted by Crippen LogP contribution is 2.47. The van der Waals surface area contributed by atoms with Gasteiger partial charge >= 0.3 is 8.56 Å². The van der Waals surface area contributed by atoms with Crippen LogP contribution in [0.2, 0.25) is 11.6 Å². The minimum absolute atomic E-state index is 0.0343. The Morgan fingerprint density at radius 3 is 1.61 bits per heavy atom. The lowest BCUT2D eigenvalue weighted by Crippen LogP contribution is -2.58. The second-order valence-electron chi connectivity index (χ2n) is 10.2. The van der Waals surface area contributed by atoms with Crippen molar-refractivity contribution in [1.82, 2.24) is 0 Å². The van der Waals surface area contributed by atoms with E-state index in [1.165, 1.54) is 6.08 Å². The number of hydrogen-bond acceptors (Lipinski definition) is 4. The van der Waals surface area contributed by atoms with Crippen LogP contribution in [0.1, 0.15) is 114 Å². The highest BCUT2D eigenvalue weighted by atomic mass is 28.4. The first-order valence-corrected chi connectivity index (χ1v) is 14.7. The molecular formula is C26H52O4Si. The van der Waals surface area contributed by atoms with E-state index in [1.807, 2.05) is 13.8 Å². The molecule has 0 fully saturated rings. The van der Waals surface area contributed by atoms with Crippen LogP contribution in [0.3, 0.4) is 0 Å². The van der Waals surface area contributed by atoms with Crippen LogP contribution in [0, 0.1) is 0 Å². The van der Waals surface area contributed by atoms with Crippen LogP contribution in [0.4, 0.5) is 0 Å². The first kappa shape index (κ1) is 30.5. The Morgan fingerprint density at radius 1 is 0.806 bits per heavy atom. The summed E-state index contributed by atoms with van der Waals surface area (Å²) in [5.41, 5.74) is -1.34. The van der Waals surface area contributed by atoms with Gasteiger partial charge in [0.1, 0.15) is 5.60 Å². The maximum absolute atomic E-state index is 12.5. The van der Waals surface area contributed by atoms with Gasteiger partial charge in [0.25, 0.3) is 0 Å². The SMILES string of the molecule is C=CC(=O)C(CC)(CC)OCCC(C)(CC)O[Si](C)(OC(C)(CC)CC)C(C)(C)CC. The molecule has 0 N–H and O–H groups in total. The van der Waals surface area contributed by atoms with Crippen LogP contribution >= 0.6 is 0 Å². The van der Waals surface area contributed by atoms with Crippen LogP contribution in [-0.2, 0) is 18.4 Å². The summed E-state index contributed by atoms with van der Waals surface area (Å²) in [7, 11) is -2.59. The summed E-state index contributed by atoms with van der Waals surface area (Å²) in [5, 5.41) is -0.0364. The van der Waals surface area contributed by atoms with Crippen molar-refractivity contribution in [2.24, 2.45) is 0 Å². The van der Waals surface area contributed by atoms with Gasteiger partial charge in [-0.1, -0.05) is 62.0 Å². The number of rotatable bonds is 17. The van der Waals surface area contributed by atoms with Crippen molar-refractivity contribution < 1.29 is 18.4 Å². The lowest BCUT2D eigenvalue weighted by molar-refractivity contribution is -0.143. The molecule has 0 amide bonds. The number of carbonyl (C=O) groups excluding carboxylic acids is 1. The molecule has 0 radical (unpaired) electrons. The zero-order valence-corrected chi connectivity index (χ0v) is 23.6. The van der Waals surface area contributed by atoms with Crippen LogP contribution in [-0.4, -0.2) is 37.8 Å². The summed E-state index contributed by atoms with van der Waals surface area (Å²) in [5.74, 6) is -0.0343. The Morgan fingerprint density at radius 2 is 1.26 bits per heavy atom. The second kappa shape index (κ2) is 12.1. The third-order valence-corrected chi connectivity index (χ3v) is 12.6. The second-order valence-corrected chi connectivity index (χ2v) is 13.9. The van der Waals surface area contributed by atoms with Crippen LogP contribution in [0.15, 0.2) is 12.7 Å². The van der Waals surface area contributed by atoms with Crippen molar-refractivity contribution in [3.8, 4) is 0 Å². The fourth-order valence-electron chi connectivity index (χ4n) is 3.77. The fourth-order valence-corrected chi connectivity index (χ4v) is 7.43. The van der Waals surface area contributed by atoms with Crippen LogP contribution in [0.5, 0.6) is 0 Å². The lowest BCUT2D eigenvalue weighted by Gasteiger charge is -2.50. The summed E-state index contributed by atoms with van der Waals surface area (Å²) in [6.45, 7) is 28.1. The van der Waals surface area contributed by atoms with Crippen molar-refractivity contribution in [1.29, 1.82) is 0 Å². The quantitative estimate of drug-likeness (QED) is 0.166. The average molecular weight is 457 g/mol. The smallest absolute Gasteiger partial charge is 0.341 e. The molecule has 0 spiro atoms. The highest BCUT2D eigenvalue weighted by Gasteiger charge is 2.53. The molecule has 0 saturated carbocycles. The monoisotopic (exact) mass is 456 g/mol. The van der Waals surface area contributed by atoms with Gasteiger partial charge in [0, 0.05) is 5.04 Å². The molecule has 0 aliphatic rings. The third-order valence-electron chi connectivity index (χ3n) is 8.03. The highest BCUT2D eigenvalue weighted by molar-refractivity contribution is 6.69. The van der Waals surface area contributed by atoms with Gasteiger partial charge in [-0.3, -0.25) is 4.79 Å². The Bertz CT molecular complexity index is 566. The summed E-state index contributed by atoms with van der Waals surface area (Å²) >= 11 is 0. The predicted octanol–water partition coefficient (Wildman–Crippen LogP) is 7.75. The molecule has 31 heavy (non-hydrogen) atoms. The maximum Gasteiger partial charge on any atom is 0.341 e. The number of ether oxygens (including phenoxy) is 1. The van der Waals surface area contributed by atoms with Crippen molar-refractivity contribution in [2.45, 2.75) is 143 Å². The van der Waals surface area contributed by atoms with Crippen LogP contribution < -0.4 is 0 Å².